The van der Waals surface area contributed by atoms with Crippen LogP contribution in [-0.2, 0) is 6.54 Å². The lowest BCUT2D eigenvalue weighted by Gasteiger charge is -2.33. The molecule has 5 nitrogen and oxygen atoms in total. The molecule has 2 N–H and O–H groups in total. The highest BCUT2D eigenvalue weighted by molar-refractivity contribution is 14.0. The van der Waals surface area contributed by atoms with Crippen molar-refractivity contribution in [2.45, 2.75) is 38.5 Å². The van der Waals surface area contributed by atoms with E-state index < -0.39 is 0 Å². The molecular weight excluding hydrogens is 502 g/mol. The van der Waals surface area contributed by atoms with Crippen molar-refractivity contribution < 1.29 is 9.13 Å². The molecule has 160 valence electrons. The third kappa shape index (κ3) is 8.10. The Bertz CT molecular complexity index is 751. The van der Waals surface area contributed by atoms with E-state index in [1.807, 2.05) is 6.92 Å². The van der Waals surface area contributed by atoms with Crippen LogP contribution in [0, 0.1) is 5.82 Å². The number of hydrogen-bond acceptors (Lipinski definition) is 4. The van der Waals surface area contributed by atoms with Gasteiger partial charge in [-0.3, -0.25) is 9.89 Å². The quantitative estimate of drug-likeness (QED) is 0.321. The van der Waals surface area contributed by atoms with Gasteiger partial charge in [-0.05, 0) is 54.3 Å². The highest BCUT2D eigenvalue weighted by atomic mass is 127. The fraction of sp³-hybridized carbons (Fsp3) is 0.476. The molecular formula is C21H30FIN4OS. The second kappa shape index (κ2) is 12.3. The van der Waals surface area contributed by atoms with Crippen molar-refractivity contribution >= 4 is 41.3 Å². The summed E-state index contributed by atoms with van der Waals surface area (Å²) in [6.07, 6.45) is 2.09. The molecule has 0 radical (unpaired) electrons. The van der Waals surface area contributed by atoms with Gasteiger partial charge in [0, 0.05) is 38.8 Å². The molecule has 29 heavy (non-hydrogen) atoms. The van der Waals surface area contributed by atoms with Gasteiger partial charge in [-0.2, -0.15) is 11.3 Å². The molecule has 0 spiro atoms. The first-order chi connectivity index (χ1) is 13.6. The molecule has 3 rings (SSSR count). The summed E-state index contributed by atoms with van der Waals surface area (Å²) in [6.45, 7) is 5.76. The molecule has 0 saturated carbocycles. The molecule has 0 amide bonds. The van der Waals surface area contributed by atoms with Crippen LogP contribution in [0.15, 0.2) is 46.1 Å². The number of nitrogens with one attached hydrogen (secondary N) is 2. The van der Waals surface area contributed by atoms with Gasteiger partial charge in [0.1, 0.15) is 17.7 Å². The van der Waals surface area contributed by atoms with E-state index in [9.17, 15) is 4.39 Å². The summed E-state index contributed by atoms with van der Waals surface area (Å²) in [7, 11) is 1.78. The van der Waals surface area contributed by atoms with Crippen molar-refractivity contribution in [2.75, 3.05) is 26.7 Å². The van der Waals surface area contributed by atoms with Crippen molar-refractivity contribution in [1.82, 2.24) is 15.5 Å². The smallest absolute Gasteiger partial charge is 0.191 e. The fourth-order valence-electron chi connectivity index (χ4n) is 3.32. The predicted molar refractivity (Wildman–Crippen MR) is 129 cm³/mol. The van der Waals surface area contributed by atoms with E-state index in [4.69, 9.17) is 4.74 Å². The lowest BCUT2D eigenvalue weighted by Crippen LogP contribution is -2.49. The van der Waals surface area contributed by atoms with Gasteiger partial charge in [0.05, 0.1) is 6.54 Å². The van der Waals surface area contributed by atoms with E-state index in [-0.39, 0.29) is 35.9 Å². The largest absolute Gasteiger partial charge is 0.489 e. The van der Waals surface area contributed by atoms with E-state index in [1.54, 1.807) is 30.5 Å². The Balaban J connectivity index is 0.00000300. The number of piperidine rings is 1. The van der Waals surface area contributed by atoms with Crippen molar-refractivity contribution in [2.24, 2.45) is 4.99 Å². The van der Waals surface area contributed by atoms with Gasteiger partial charge in [0.25, 0.3) is 0 Å². The Morgan fingerprint density at radius 3 is 2.79 bits per heavy atom. The normalized spacial score (nSPS) is 16.7. The minimum atomic E-state index is -0.291. The molecule has 0 bridgehead atoms. The number of nitrogens with zero attached hydrogens (tertiary/aromatic N) is 2. The number of likely N-dealkylation sites (tertiary alicyclic amines) is 1. The maximum absolute atomic E-state index is 13.3. The first kappa shape index (κ1) is 23.9. The van der Waals surface area contributed by atoms with Crippen molar-refractivity contribution in [3.63, 3.8) is 0 Å². The minimum Gasteiger partial charge on any atom is -0.489 e. The van der Waals surface area contributed by atoms with E-state index >= 15 is 0 Å². The Labute approximate surface area is 193 Å². The molecule has 0 aliphatic carbocycles. The summed E-state index contributed by atoms with van der Waals surface area (Å²) in [5.74, 6) is 1.03. The van der Waals surface area contributed by atoms with Crippen LogP contribution in [0.3, 0.4) is 0 Å². The molecule has 1 atom stereocenters. The van der Waals surface area contributed by atoms with E-state index in [1.165, 1.54) is 17.7 Å². The zero-order valence-electron chi connectivity index (χ0n) is 16.9. The molecule has 1 aromatic carbocycles. The van der Waals surface area contributed by atoms with Gasteiger partial charge in [0.2, 0.25) is 0 Å². The van der Waals surface area contributed by atoms with Crippen molar-refractivity contribution in [1.29, 1.82) is 0 Å². The van der Waals surface area contributed by atoms with Crippen molar-refractivity contribution in [3.05, 3.63) is 52.5 Å². The van der Waals surface area contributed by atoms with E-state index in [0.29, 0.717) is 18.3 Å². The molecule has 1 aromatic heterocycles. The zero-order chi connectivity index (χ0) is 19.8. The third-order valence-corrected chi connectivity index (χ3v) is 5.56. The summed E-state index contributed by atoms with van der Waals surface area (Å²) >= 11 is 1.76. The molecule has 1 saturated heterocycles. The van der Waals surface area contributed by atoms with Crippen LogP contribution in [0.25, 0.3) is 0 Å². The van der Waals surface area contributed by atoms with Crippen LogP contribution < -0.4 is 15.4 Å². The number of aliphatic imine (C=N–C) groups is 1. The lowest BCUT2D eigenvalue weighted by atomic mass is 10.0. The second-order valence-corrected chi connectivity index (χ2v) is 7.95. The van der Waals surface area contributed by atoms with Gasteiger partial charge in [-0.15, -0.1) is 24.0 Å². The van der Waals surface area contributed by atoms with Gasteiger partial charge in [-0.25, -0.2) is 4.39 Å². The average Bonchev–Trinajstić information content (AvgIpc) is 3.19. The fourth-order valence-corrected chi connectivity index (χ4v) is 3.98. The summed E-state index contributed by atoms with van der Waals surface area (Å²) in [5.41, 5.74) is 1.40. The van der Waals surface area contributed by atoms with Crippen LogP contribution in [0.1, 0.15) is 25.3 Å². The topological polar surface area (TPSA) is 48.9 Å². The number of guanidine groups is 1. The lowest BCUT2D eigenvalue weighted by molar-refractivity contribution is 0.198. The first-order valence-electron chi connectivity index (χ1n) is 9.75. The molecule has 2 heterocycles. The highest BCUT2D eigenvalue weighted by Gasteiger charge is 2.20. The SMILES string of the molecule is CN=C(NCC(C)Oc1cccc(F)c1)NC1CCN(Cc2ccsc2)CC1.I. The van der Waals surface area contributed by atoms with Crippen LogP contribution in [0.5, 0.6) is 5.75 Å². The minimum absolute atomic E-state index is 0. The van der Waals surface area contributed by atoms with Crippen LogP contribution in [0.2, 0.25) is 0 Å². The van der Waals surface area contributed by atoms with Gasteiger partial charge < -0.3 is 15.4 Å². The summed E-state index contributed by atoms with van der Waals surface area (Å²) in [5, 5.41) is 11.2. The van der Waals surface area contributed by atoms with Gasteiger partial charge in [0.15, 0.2) is 5.96 Å². The number of rotatable bonds is 7. The number of benzene rings is 1. The van der Waals surface area contributed by atoms with Crippen molar-refractivity contribution in [3.8, 4) is 5.75 Å². The third-order valence-electron chi connectivity index (χ3n) is 4.83. The number of thiophene rings is 1. The molecule has 1 fully saturated rings. The summed E-state index contributed by atoms with van der Waals surface area (Å²) in [6, 6.07) is 8.84. The average molecular weight is 532 g/mol. The summed E-state index contributed by atoms with van der Waals surface area (Å²) < 4.78 is 19.0. The van der Waals surface area contributed by atoms with Crippen LogP contribution >= 0.6 is 35.3 Å². The Hall–Kier alpha value is -1.39. The monoisotopic (exact) mass is 532 g/mol. The second-order valence-electron chi connectivity index (χ2n) is 7.17. The highest BCUT2D eigenvalue weighted by Crippen LogP contribution is 2.16. The number of hydrogen-bond donors (Lipinski definition) is 2. The molecule has 1 aliphatic heterocycles. The molecule has 1 aliphatic rings. The van der Waals surface area contributed by atoms with Crippen LogP contribution in [-0.4, -0.2) is 49.7 Å². The number of ether oxygens (including phenoxy) is 1. The predicted octanol–water partition coefficient (Wildman–Crippen LogP) is 4.10. The van der Waals surface area contributed by atoms with E-state index in [0.717, 1.165) is 38.4 Å². The maximum Gasteiger partial charge on any atom is 0.191 e. The molecule has 2 aromatic rings. The first-order valence-corrected chi connectivity index (χ1v) is 10.7. The summed E-state index contributed by atoms with van der Waals surface area (Å²) in [4.78, 5) is 6.83. The standard InChI is InChI=1S/C21H29FN4OS.HI/c1-16(27-20-5-3-4-18(22)12-20)13-24-21(23-2)25-19-6-9-26(10-7-19)14-17-8-11-28-15-17;/h3-5,8,11-12,15-16,19H,6-7,9-10,13-14H2,1-2H3,(H2,23,24,25);1H. The van der Waals surface area contributed by atoms with E-state index in [2.05, 4.69) is 37.4 Å². The Morgan fingerprint density at radius 2 is 2.14 bits per heavy atom. The Morgan fingerprint density at radius 1 is 1.34 bits per heavy atom. The molecule has 8 heteroatoms. The van der Waals surface area contributed by atoms with Crippen LogP contribution in [0.4, 0.5) is 4.39 Å². The molecule has 1 unspecified atom stereocenters. The Kier molecular flexibility index (Phi) is 10.2. The van der Waals surface area contributed by atoms with Gasteiger partial charge in [-0.1, -0.05) is 6.07 Å². The zero-order valence-corrected chi connectivity index (χ0v) is 20.1. The number of halogens is 2. The maximum atomic E-state index is 13.3. The van der Waals surface area contributed by atoms with Gasteiger partial charge >= 0.3 is 0 Å².